The van der Waals surface area contributed by atoms with Crippen LogP contribution in [0.1, 0.15) is 6.92 Å². The Bertz CT molecular complexity index is 370. The van der Waals surface area contributed by atoms with Gasteiger partial charge in [0.25, 0.3) is 0 Å². The first kappa shape index (κ1) is 14.4. The first-order valence-electron chi connectivity index (χ1n) is 5.45. The maximum absolute atomic E-state index is 12.2. The van der Waals surface area contributed by atoms with Gasteiger partial charge in [0.15, 0.2) is 0 Å². The second-order valence-electron chi connectivity index (χ2n) is 3.91. The van der Waals surface area contributed by atoms with Crippen molar-refractivity contribution >= 4 is 15.9 Å². The second-order valence-corrected chi connectivity index (χ2v) is 6.21. The van der Waals surface area contributed by atoms with Gasteiger partial charge >= 0.3 is 0 Å². The molecule has 0 aromatic heterocycles. The van der Waals surface area contributed by atoms with Crippen molar-refractivity contribution in [3.05, 3.63) is 0 Å². The molecule has 2 unspecified atom stereocenters. The van der Waals surface area contributed by atoms with Crippen LogP contribution in [0.2, 0.25) is 0 Å². The molecule has 100 valence electrons. The average molecular weight is 265 g/mol. The molecule has 0 spiro atoms. The molecule has 0 bridgehead atoms. The van der Waals surface area contributed by atoms with Gasteiger partial charge in [0, 0.05) is 20.1 Å². The monoisotopic (exact) mass is 265 g/mol. The van der Waals surface area contributed by atoms with E-state index in [1.54, 1.807) is 0 Å². The van der Waals surface area contributed by atoms with Gasteiger partial charge in [0.05, 0.1) is 18.5 Å². The number of ether oxygens (including phenoxy) is 1. The lowest BCUT2D eigenvalue weighted by molar-refractivity contribution is -0.128. The van der Waals surface area contributed by atoms with E-state index in [9.17, 15) is 13.2 Å². The molecule has 2 atom stereocenters. The molecule has 1 heterocycles. The molecule has 1 aliphatic heterocycles. The smallest absolute Gasteiger partial charge is 0.240 e. The van der Waals surface area contributed by atoms with E-state index >= 15 is 0 Å². The maximum Gasteiger partial charge on any atom is 0.240 e. The summed E-state index contributed by atoms with van der Waals surface area (Å²) in [6, 6.07) is -0.798. The summed E-state index contributed by atoms with van der Waals surface area (Å²) < 4.78 is 30.6. The Hall–Kier alpha value is -0.700. The van der Waals surface area contributed by atoms with E-state index in [0.29, 0.717) is 6.61 Å². The number of carbonyl (C=O) groups is 1. The van der Waals surface area contributed by atoms with Crippen LogP contribution in [-0.2, 0) is 19.6 Å². The summed E-state index contributed by atoms with van der Waals surface area (Å²) in [5.74, 6) is -0.363. The molecule has 1 rings (SSSR count). The molecule has 17 heavy (non-hydrogen) atoms. The van der Waals surface area contributed by atoms with Gasteiger partial charge in [-0.25, -0.2) is 8.42 Å². The number of likely N-dealkylation sites (N-methyl/N-ethyl adjacent to an activating group) is 1. The molecule has 7 nitrogen and oxygen atoms in total. The Balaban J connectivity index is 2.96. The van der Waals surface area contributed by atoms with Gasteiger partial charge in [-0.05, 0) is 6.92 Å². The number of nitrogens with two attached hydrogens (primary N) is 1. The van der Waals surface area contributed by atoms with Crippen LogP contribution < -0.4 is 11.1 Å². The number of sulfonamides is 1. The molecule has 3 N–H and O–H groups in total. The van der Waals surface area contributed by atoms with Crippen molar-refractivity contribution < 1.29 is 17.9 Å². The number of carbonyl (C=O) groups excluding carboxylic acids is 1. The van der Waals surface area contributed by atoms with Crippen LogP contribution in [0.15, 0.2) is 0 Å². The van der Waals surface area contributed by atoms with E-state index in [-0.39, 0.29) is 25.6 Å². The second kappa shape index (κ2) is 5.76. The van der Waals surface area contributed by atoms with Crippen molar-refractivity contribution in [2.24, 2.45) is 5.73 Å². The zero-order valence-electron chi connectivity index (χ0n) is 10.0. The normalized spacial score (nSPS) is 24.3. The molecule has 1 aliphatic rings. The molecule has 0 saturated carbocycles. The number of morpholine rings is 1. The summed E-state index contributed by atoms with van der Waals surface area (Å²) in [6.07, 6.45) is 0. The van der Waals surface area contributed by atoms with E-state index in [1.807, 2.05) is 0 Å². The highest BCUT2D eigenvalue weighted by molar-refractivity contribution is 7.89. The van der Waals surface area contributed by atoms with Gasteiger partial charge in [-0.3, -0.25) is 4.79 Å². The lowest BCUT2D eigenvalue weighted by Crippen LogP contribution is -2.57. The minimum Gasteiger partial charge on any atom is -0.378 e. The largest absolute Gasteiger partial charge is 0.378 e. The van der Waals surface area contributed by atoms with Gasteiger partial charge in [0.1, 0.15) is 6.04 Å². The Morgan fingerprint density at radius 2 is 2.29 bits per heavy atom. The highest BCUT2D eigenvalue weighted by Crippen LogP contribution is 2.16. The lowest BCUT2D eigenvalue weighted by Gasteiger charge is -2.34. The van der Waals surface area contributed by atoms with Crippen LogP contribution in [0.25, 0.3) is 0 Å². The Labute approximate surface area is 101 Å². The van der Waals surface area contributed by atoms with Crippen molar-refractivity contribution in [3.8, 4) is 0 Å². The average Bonchev–Trinajstić information content (AvgIpc) is 2.36. The van der Waals surface area contributed by atoms with Crippen LogP contribution in [-0.4, -0.2) is 63.3 Å². The third kappa shape index (κ3) is 2.95. The fraction of sp³-hybridized carbons (Fsp3) is 0.889. The topological polar surface area (TPSA) is 102 Å². The standard InChI is InChI=1S/C9H19N3O4S/c1-7(5-10)17(14,15)12-3-4-16-6-8(12)9(13)11-2/h7-8H,3-6,10H2,1-2H3,(H,11,13). The van der Waals surface area contributed by atoms with E-state index in [1.165, 1.54) is 18.3 Å². The fourth-order valence-corrected chi connectivity index (χ4v) is 3.16. The molecular formula is C9H19N3O4S. The van der Waals surface area contributed by atoms with E-state index in [2.05, 4.69) is 5.32 Å². The highest BCUT2D eigenvalue weighted by atomic mass is 32.2. The fourth-order valence-electron chi connectivity index (χ4n) is 1.62. The maximum atomic E-state index is 12.2. The summed E-state index contributed by atoms with van der Waals surface area (Å²) in [7, 11) is -2.08. The molecular weight excluding hydrogens is 246 g/mol. The third-order valence-electron chi connectivity index (χ3n) is 2.80. The quantitative estimate of drug-likeness (QED) is 0.619. The predicted molar refractivity (Wildman–Crippen MR) is 62.8 cm³/mol. The Morgan fingerprint density at radius 1 is 1.65 bits per heavy atom. The molecule has 1 saturated heterocycles. The van der Waals surface area contributed by atoms with Crippen molar-refractivity contribution in [2.45, 2.75) is 18.2 Å². The van der Waals surface area contributed by atoms with Crippen molar-refractivity contribution in [3.63, 3.8) is 0 Å². The molecule has 0 aliphatic carbocycles. The minimum atomic E-state index is -3.55. The third-order valence-corrected chi connectivity index (χ3v) is 5.10. The number of nitrogens with zero attached hydrogens (tertiary/aromatic N) is 1. The number of hydrogen-bond acceptors (Lipinski definition) is 5. The summed E-state index contributed by atoms with van der Waals surface area (Å²) in [4.78, 5) is 11.6. The van der Waals surface area contributed by atoms with Crippen LogP contribution in [0.3, 0.4) is 0 Å². The molecule has 0 aromatic carbocycles. The summed E-state index contributed by atoms with van der Waals surface area (Å²) >= 11 is 0. The Kier molecular flexibility index (Phi) is 4.87. The van der Waals surface area contributed by atoms with Crippen LogP contribution in [0.4, 0.5) is 0 Å². The van der Waals surface area contributed by atoms with E-state index in [4.69, 9.17) is 10.5 Å². The summed E-state index contributed by atoms with van der Waals surface area (Å²) in [5.41, 5.74) is 5.38. The van der Waals surface area contributed by atoms with Crippen molar-refractivity contribution in [1.82, 2.24) is 9.62 Å². The van der Waals surface area contributed by atoms with E-state index < -0.39 is 21.3 Å². The SMILES string of the molecule is CNC(=O)C1COCCN1S(=O)(=O)C(C)CN. The van der Waals surface area contributed by atoms with Crippen molar-refractivity contribution in [1.29, 1.82) is 0 Å². The number of hydrogen-bond donors (Lipinski definition) is 2. The number of rotatable bonds is 4. The summed E-state index contributed by atoms with van der Waals surface area (Å²) in [6.45, 7) is 2.12. The van der Waals surface area contributed by atoms with Gasteiger partial charge in [-0.1, -0.05) is 0 Å². The lowest BCUT2D eigenvalue weighted by atomic mass is 10.2. The molecule has 0 aromatic rings. The molecule has 8 heteroatoms. The molecule has 0 radical (unpaired) electrons. The van der Waals surface area contributed by atoms with Crippen LogP contribution in [0, 0.1) is 0 Å². The summed E-state index contributed by atoms with van der Waals surface area (Å²) in [5, 5.41) is 1.74. The first-order valence-corrected chi connectivity index (χ1v) is 6.95. The van der Waals surface area contributed by atoms with Gasteiger partial charge in [-0.2, -0.15) is 4.31 Å². The number of amides is 1. The van der Waals surface area contributed by atoms with Gasteiger partial charge in [-0.15, -0.1) is 0 Å². The zero-order valence-corrected chi connectivity index (χ0v) is 10.9. The zero-order chi connectivity index (χ0) is 13.1. The molecule has 1 fully saturated rings. The predicted octanol–water partition coefficient (Wildman–Crippen LogP) is -1.89. The van der Waals surface area contributed by atoms with Gasteiger partial charge in [0.2, 0.25) is 15.9 Å². The first-order chi connectivity index (χ1) is 7.95. The Morgan fingerprint density at radius 3 is 2.82 bits per heavy atom. The molecule has 1 amide bonds. The highest BCUT2D eigenvalue weighted by Gasteiger charge is 2.39. The number of nitrogens with one attached hydrogen (secondary N) is 1. The van der Waals surface area contributed by atoms with E-state index in [0.717, 1.165) is 0 Å². The van der Waals surface area contributed by atoms with Crippen molar-refractivity contribution in [2.75, 3.05) is 33.4 Å². The minimum absolute atomic E-state index is 0.0279. The van der Waals surface area contributed by atoms with Crippen LogP contribution >= 0.6 is 0 Å². The van der Waals surface area contributed by atoms with Crippen LogP contribution in [0.5, 0.6) is 0 Å². The van der Waals surface area contributed by atoms with Gasteiger partial charge < -0.3 is 15.8 Å².